The van der Waals surface area contributed by atoms with Crippen molar-refractivity contribution in [1.82, 2.24) is 15.1 Å². The van der Waals surface area contributed by atoms with Gasteiger partial charge in [-0.3, -0.25) is 4.79 Å². The second kappa shape index (κ2) is 6.20. The van der Waals surface area contributed by atoms with Gasteiger partial charge in [0.05, 0.1) is 16.1 Å². The maximum atomic E-state index is 12.8. The molecule has 0 aliphatic heterocycles. The minimum absolute atomic E-state index is 0.306. The molecule has 1 amide bonds. The van der Waals surface area contributed by atoms with Gasteiger partial charge in [-0.2, -0.15) is 0 Å². The Hall–Kier alpha value is -3.32. The van der Waals surface area contributed by atoms with E-state index < -0.39 is 0 Å². The van der Waals surface area contributed by atoms with Crippen molar-refractivity contribution in [2.24, 2.45) is 0 Å². The number of hydrogen-bond donors (Lipinski definition) is 3. The first-order chi connectivity index (χ1) is 12.5. The molecular weight excluding hydrogens is 356 g/mol. The van der Waals surface area contributed by atoms with Crippen LogP contribution in [0.4, 0.5) is 5.69 Å². The van der Waals surface area contributed by atoms with Gasteiger partial charge in [0.25, 0.3) is 5.91 Å². The Kier molecular flexibility index (Phi) is 3.85. The number of carbonyl (C=O) groups is 1. The van der Waals surface area contributed by atoms with Gasteiger partial charge in [-0.05, 0) is 31.2 Å². The number of imidazole rings is 1. The number of carbonyl (C=O) groups excluding carboxylic acids is 1. The van der Waals surface area contributed by atoms with E-state index in [0.717, 1.165) is 0 Å². The number of aryl methyl sites for hydroxylation is 1. The number of nitrogens with one attached hydrogen (secondary N) is 3. The number of hydrogen-bond acceptors (Lipinski definition) is 4. The third-order valence-electron chi connectivity index (χ3n) is 3.99. The predicted molar refractivity (Wildman–Crippen MR) is 98.6 cm³/mol. The number of anilines is 1. The van der Waals surface area contributed by atoms with Gasteiger partial charge in [0.1, 0.15) is 17.0 Å². The highest BCUT2D eigenvalue weighted by molar-refractivity contribution is 6.33. The van der Waals surface area contributed by atoms with Crippen LogP contribution in [0.2, 0.25) is 5.02 Å². The molecule has 2 heterocycles. The molecule has 4 rings (SSSR count). The topological polar surface area (TPSA) is 104 Å². The number of halogens is 1. The average molecular weight is 369 g/mol. The van der Waals surface area contributed by atoms with E-state index in [0.29, 0.717) is 44.3 Å². The van der Waals surface area contributed by atoms with Gasteiger partial charge in [0, 0.05) is 11.3 Å². The third-order valence-corrected chi connectivity index (χ3v) is 4.32. The zero-order valence-electron chi connectivity index (χ0n) is 13.6. The van der Waals surface area contributed by atoms with E-state index in [1.165, 1.54) is 0 Å². The standard InChI is InChI=1S/C18H13ClN4O3/c1-9-15(16(23-26-9)11-4-2-3-5-12(11)19)17(24)20-10-6-7-13-14(8-10)22-18(25)21-13/h2-8H,1H3,(H,20,24)(H2,21,22,25). The van der Waals surface area contributed by atoms with E-state index in [1.54, 1.807) is 43.3 Å². The molecular formula is C18H13ClN4O3. The minimum Gasteiger partial charge on any atom is -0.360 e. The molecule has 0 bridgehead atoms. The van der Waals surface area contributed by atoms with Crippen LogP contribution in [-0.2, 0) is 0 Å². The molecule has 0 saturated carbocycles. The molecule has 0 aliphatic rings. The lowest BCUT2D eigenvalue weighted by molar-refractivity contribution is 0.102. The van der Waals surface area contributed by atoms with Crippen LogP contribution in [0.3, 0.4) is 0 Å². The number of amides is 1. The summed E-state index contributed by atoms with van der Waals surface area (Å²) >= 11 is 6.22. The van der Waals surface area contributed by atoms with Gasteiger partial charge >= 0.3 is 5.69 Å². The van der Waals surface area contributed by atoms with Crippen molar-refractivity contribution < 1.29 is 9.32 Å². The van der Waals surface area contributed by atoms with Crippen LogP contribution in [0.15, 0.2) is 51.8 Å². The fraction of sp³-hybridized carbons (Fsp3) is 0.0556. The molecule has 2 aromatic heterocycles. The third kappa shape index (κ3) is 2.78. The fourth-order valence-corrected chi connectivity index (χ4v) is 3.01. The van der Waals surface area contributed by atoms with E-state index in [-0.39, 0.29) is 11.6 Å². The van der Waals surface area contributed by atoms with Crippen molar-refractivity contribution in [3.05, 3.63) is 69.3 Å². The van der Waals surface area contributed by atoms with Gasteiger partial charge in [0.2, 0.25) is 0 Å². The van der Waals surface area contributed by atoms with Crippen molar-refractivity contribution in [2.75, 3.05) is 5.32 Å². The van der Waals surface area contributed by atoms with Crippen LogP contribution < -0.4 is 11.0 Å². The zero-order chi connectivity index (χ0) is 18.3. The largest absolute Gasteiger partial charge is 0.360 e. The molecule has 0 radical (unpaired) electrons. The quantitative estimate of drug-likeness (QED) is 0.512. The highest BCUT2D eigenvalue weighted by atomic mass is 35.5. The molecule has 4 aromatic rings. The van der Waals surface area contributed by atoms with Crippen LogP contribution in [0.5, 0.6) is 0 Å². The number of rotatable bonds is 3. The van der Waals surface area contributed by atoms with Gasteiger partial charge in [-0.15, -0.1) is 0 Å². The molecule has 0 unspecified atom stereocenters. The van der Waals surface area contributed by atoms with Crippen LogP contribution >= 0.6 is 11.6 Å². The summed E-state index contributed by atoms with van der Waals surface area (Å²) in [5.41, 5.74) is 2.78. The SMILES string of the molecule is Cc1onc(-c2ccccc2Cl)c1C(=O)Nc1ccc2[nH]c(=O)[nH]c2c1. The second-order valence-electron chi connectivity index (χ2n) is 5.74. The van der Waals surface area contributed by atoms with Gasteiger partial charge in [-0.25, -0.2) is 4.79 Å². The summed E-state index contributed by atoms with van der Waals surface area (Å²) in [7, 11) is 0. The van der Waals surface area contributed by atoms with Crippen molar-refractivity contribution >= 4 is 34.2 Å². The number of aromatic amines is 2. The zero-order valence-corrected chi connectivity index (χ0v) is 14.3. The molecule has 7 nitrogen and oxygen atoms in total. The Bertz CT molecular complexity index is 1190. The molecule has 0 aliphatic carbocycles. The summed E-state index contributed by atoms with van der Waals surface area (Å²) < 4.78 is 5.22. The lowest BCUT2D eigenvalue weighted by Crippen LogP contribution is -2.13. The van der Waals surface area contributed by atoms with Crippen molar-refractivity contribution in [3.8, 4) is 11.3 Å². The monoisotopic (exact) mass is 368 g/mol. The molecule has 3 N–H and O–H groups in total. The molecule has 0 atom stereocenters. The first-order valence-corrected chi connectivity index (χ1v) is 8.15. The second-order valence-corrected chi connectivity index (χ2v) is 6.14. The number of aromatic nitrogens is 3. The van der Waals surface area contributed by atoms with E-state index in [2.05, 4.69) is 20.4 Å². The Labute approximate surface area is 152 Å². The number of nitrogens with zero attached hydrogens (tertiary/aromatic N) is 1. The van der Waals surface area contributed by atoms with E-state index in [9.17, 15) is 9.59 Å². The summed E-state index contributed by atoms with van der Waals surface area (Å²) in [6, 6.07) is 12.2. The van der Waals surface area contributed by atoms with Crippen LogP contribution in [0, 0.1) is 6.92 Å². The summed E-state index contributed by atoms with van der Waals surface area (Å²) in [5.74, 6) is 0.00412. The highest BCUT2D eigenvalue weighted by Crippen LogP contribution is 2.31. The Morgan fingerprint density at radius 3 is 2.73 bits per heavy atom. The van der Waals surface area contributed by atoms with E-state index in [4.69, 9.17) is 16.1 Å². The lowest BCUT2D eigenvalue weighted by Gasteiger charge is -2.07. The summed E-state index contributed by atoms with van der Waals surface area (Å²) in [5, 5.41) is 7.26. The van der Waals surface area contributed by atoms with Gasteiger partial charge < -0.3 is 19.8 Å². The Morgan fingerprint density at radius 2 is 1.92 bits per heavy atom. The van der Waals surface area contributed by atoms with E-state index in [1.807, 2.05) is 6.07 Å². The summed E-state index contributed by atoms with van der Waals surface area (Å²) in [4.78, 5) is 29.5. The van der Waals surface area contributed by atoms with Crippen LogP contribution in [-0.4, -0.2) is 21.0 Å². The van der Waals surface area contributed by atoms with Gasteiger partial charge in [-0.1, -0.05) is 35.0 Å². The maximum Gasteiger partial charge on any atom is 0.323 e. The molecule has 0 spiro atoms. The Morgan fingerprint density at radius 1 is 1.15 bits per heavy atom. The highest BCUT2D eigenvalue weighted by Gasteiger charge is 2.23. The smallest absolute Gasteiger partial charge is 0.323 e. The predicted octanol–water partition coefficient (Wildman–Crippen LogP) is 3.73. The fourth-order valence-electron chi connectivity index (χ4n) is 2.78. The average Bonchev–Trinajstić information content (AvgIpc) is 3.16. The molecule has 8 heteroatoms. The number of fused-ring (bicyclic) bond motifs is 1. The van der Waals surface area contributed by atoms with Crippen LogP contribution in [0.1, 0.15) is 16.1 Å². The minimum atomic E-state index is -0.379. The van der Waals surface area contributed by atoms with Crippen molar-refractivity contribution in [3.63, 3.8) is 0 Å². The Balaban J connectivity index is 1.71. The van der Waals surface area contributed by atoms with Crippen LogP contribution in [0.25, 0.3) is 22.3 Å². The lowest BCUT2D eigenvalue weighted by atomic mass is 10.1. The molecule has 2 aromatic carbocycles. The van der Waals surface area contributed by atoms with Crippen molar-refractivity contribution in [1.29, 1.82) is 0 Å². The molecule has 26 heavy (non-hydrogen) atoms. The first kappa shape index (κ1) is 16.2. The first-order valence-electron chi connectivity index (χ1n) is 7.77. The molecule has 0 fully saturated rings. The van der Waals surface area contributed by atoms with Crippen molar-refractivity contribution in [2.45, 2.75) is 6.92 Å². The number of H-pyrrole nitrogens is 2. The molecule has 130 valence electrons. The summed E-state index contributed by atoms with van der Waals surface area (Å²) in [6.45, 7) is 1.66. The van der Waals surface area contributed by atoms with Gasteiger partial charge in [0.15, 0.2) is 0 Å². The van der Waals surface area contributed by atoms with E-state index >= 15 is 0 Å². The molecule has 0 saturated heterocycles. The maximum absolute atomic E-state index is 12.8. The summed E-state index contributed by atoms with van der Waals surface area (Å²) in [6.07, 6.45) is 0. The normalized spacial score (nSPS) is 11.0. The number of benzene rings is 2.